The van der Waals surface area contributed by atoms with E-state index in [4.69, 9.17) is 4.42 Å². The molecule has 0 atom stereocenters. The van der Waals surface area contributed by atoms with E-state index in [9.17, 15) is 0 Å². The minimum Gasteiger partial charge on any atom is -0.456 e. The highest BCUT2D eigenvalue weighted by Crippen LogP contribution is 2.42. The van der Waals surface area contributed by atoms with Gasteiger partial charge in [-0.2, -0.15) is 0 Å². The van der Waals surface area contributed by atoms with Gasteiger partial charge in [-0.3, -0.25) is 0 Å². The maximum atomic E-state index is 6.22. The Kier molecular flexibility index (Phi) is 6.76. The summed E-state index contributed by atoms with van der Waals surface area (Å²) in [4.78, 5) is 2.35. The van der Waals surface area contributed by atoms with Crippen LogP contribution in [0.2, 0.25) is 0 Å². The number of anilines is 3. The van der Waals surface area contributed by atoms with Crippen molar-refractivity contribution in [1.29, 1.82) is 0 Å². The standard InChI is InChI=1S/C50H31NOS/c1-2-10-40-33(8-1)9-7-13-41(40)34-20-25-38(26-21-34)51(39-27-28-47-45(31-39)42-11-3-5-14-46(42)52-47)37-23-18-32(19-24-37)36-17-16-35-22-29-49-50(44(35)30-36)43-12-4-6-15-48(43)53-49/h1-31H. The van der Waals surface area contributed by atoms with Gasteiger partial charge in [0.25, 0.3) is 0 Å². The zero-order valence-electron chi connectivity index (χ0n) is 28.7. The van der Waals surface area contributed by atoms with E-state index in [1.807, 2.05) is 23.5 Å². The average molecular weight is 694 g/mol. The Morgan fingerprint density at radius 1 is 0.358 bits per heavy atom. The smallest absolute Gasteiger partial charge is 0.135 e. The number of rotatable bonds is 5. The number of hydrogen-bond donors (Lipinski definition) is 0. The first kappa shape index (κ1) is 30.0. The fourth-order valence-corrected chi connectivity index (χ4v) is 9.21. The molecule has 2 heterocycles. The summed E-state index contributed by atoms with van der Waals surface area (Å²) in [5, 5.41) is 9.98. The highest BCUT2D eigenvalue weighted by Gasteiger charge is 2.17. The minimum absolute atomic E-state index is 0.889. The third-order valence-electron chi connectivity index (χ3n) is 10.7. The molecule has 0 spiro atoms. The van der Waals surface area contributed by atoms with E-state index in [2.05, 4.69) is 181 Å². The fraction of sp³-hybridized carbons (Fsp3) is 0. The van der Waals surface area contributed by atoms with Crippen molar-refractivity contribution in [3.05, 3.63) is 188 Å². The summed E-state index contributed by atoms with van der Waals surface area (Å²) in [7, 11) is 0. The van der Waals surface area contributed by atoms with Gasteiger partial charge in [0.1, 0.15) is 11.2 Å². The van der Waals surface area contributed by atoms with Crippen LogP contribution >= 0.6 is 11.3 Å². The van der Waals surface area contributed by atoms with Gasteiger partial charge in [-0.05, 0) is 111 Å². The number of hydrogen-bond acceptors (Lipinski definition) is 3. The molecule has 0 fully saturated rings. The molecule has 3 heteroatoms. The summed E-state index contributed by atoms with van der Waals surface area (Å²) in [6.45, 7) is 0. The summed E-state index contributed by atoms with van der Waals surface area (Å²) in [6.07, 6.45) is 0. The predicted octanol–water partition coefficient (Wildman–Crippen LogP) is 15.1. The van der Waals surface area contributed by atoms with Crippen LogP contribution in [0.25, 0.3) is 85.9 Å². The van der Waals surface area contributed by atoms with Gasteiger partial charge in [-0.15, -0.1) is 11.3 Å². The topological polar surface area (TPSA) is 16.4 Å². The SMILES string of the molecule is c1ccc2c(-c3ccc(N(c4ccc(-c5ccc6ccc7sc8ccccc8c7c6c5)cc4)c4ccc5oc6ccccc6c5c4)cc3)cccc2c1. The summed E-state index contributed by atoms with van der Waals surface area (Å²) in [5.41, 5.74) is 9.88. The van der Waals surface area contributed by atoms with Crippen LogP contribution in [0.5, 0.6) is 0 Å². The third-order valence-corrected chi connectivity index (χ3v) is 11.8. The van der Waals surface area contributed by atoms with Gasteiger partial charge in [0, 0.05) is 48.0 Å². The van der Waals surface area contributed by atoms with E-state index >= 15 is 0 Å². The Balaban J connectivity index is 1.03. The second kappa shape index (κ2) is 11.9. The molecule has 0 amide bonds. The molecule has 248 valence electrons. The van der Waals surface area contributed by atoms with Gasteiger partial charge in [0.05, 0.1) is 0 Å². The van der Waals surface area contributed by atoms with E-state index in [1.165, 1.54) is 64.0 Å². The van der Waals surface area contributed by atoms with Crippen molar-refractivity contribution < 1.29 is 4.42 Å². The quantitative estimate of drug-likeness (QED) is 0.178. The summed E-state index contributed by atoms with van der Waals surface area (Å²) in [6, 6.07) is 68.1. The fourth-order valence-electron chi connectivity index (χ4n) is 8.09. The van der Waals surface area contributed by atoms with Crippen molar-refractivity contribution in [2.24, 2.45) is 0 Å². The molecule has 0 N–H and O–H groups in total. The minimum atomic E-state index is 0.889. The lowest BCUT2D eigenvalue weighted by Crippen LogP contribution is -2.09. The van der Waals surface area contributed by atoms with Crippen LogP contribution in [-0.2, 0) is 0 Å². The summed E-state index contributed by atoms with van der Waals surface area (Å²) in [5.74, 6) is 0. The highest BCUT2D eigenvalue weighted by molar-refractivity contribution is 7.26. The van der Waals surface area contributed by atoms with Crippen LogP contribution < -0.4 is 4.90 Å². The first-order chi connectivity index (χ1) is 26.2. The molecule has 0 aliphatic heterocycles. The average Bonchev–Trinajstić information content (AvgIpc) is 3.80. The van der Waals surface area contributed by atoms with Crippen molar-refractivity contribution >= 4 is 92.1 Å². The molecule has 0 saturated carbocycles. The summed E-state index contributed by atoms with van der Waals surface area (Å²) < 4.78 is 8.88. The van der Waals surface area contributed by atoms with Crippen LogP contribution in [0.4, 0.5) is 17.1 Å². The molecule has 11 rings (SSSR count). The van der Waals surface area contributed by atoms with E-state index in [0.29, 0.717) is 0 Å². The lowest BCUT2D eigenvalue weighted by atomic mass is 9.97. The number of furan rings is 1. The molecule has 0 aliphatic carbocycles. The highest BCUT2D eigenvalue weighted by atomic mass is 32.1. The Morgan fingerprint density at radius 2 is 0.981 bits per heavy atom. The number of nitrogens with zero attached hydrogens (tertiary/aromatic N) is 1. The third kappa shape index (κ3) is 4.93. The Labute approximate surface area is 310 Å². The molecule has 11 aromatic rings. The number of fused-ring (bicyclic) bond motifs is 9. The molecular formula is C50H31NOS. The molecule has 0 saturated heterocycles. The molecule has 0 bridgehead atoms. The normalized spacial score (nSPS) is 11.8. The lowest BCUT2D eigenvalue weighted by molar-refractivity contribution is 0.669. The molecule has 2 nitrogen and oxygen atoms in total. The van der Waals surface area contributed by atoms with Crippen LogP contribution in [-0.4, -0.2) is 0 Å². The predicted molar refractivity (Wildman–Crippen MR) is 227 cm³/mol. The molecule has 0 aliphatic rings. The van der Waals surface area contributed by atoms with Crippen LogP contribution in [0.1, 0.15) is 0 Å². The van der Waals surface area contributed by atoms with Gasteiger partial charge in [0.2, 0.25) is 0 Å². The first-order valence-corrected chi connectivity index (χ1v) is 18.8. The van der Waals surface area contributed by atoms with E-state index in [0.717, 1.165) is 39.0 Å². The number of benzene rings is 9. The zero-order chi connectivity index (χ0) is 34.9. The Hall–Kier alpha value is -6.68. The summed E-state index contributed by atoms with van der Waals surface area (Å²) >= 11 is 1.87. The van der Waals surface area contributed by atoms with Gasteiger partial charge in [0.15, 0.2) is 0 Å². The van der Waals surface area contributed by atoms with Gasteiger partial charge >= 0.3 is 0 Å². The molecule has 0 unspecified atom stereocenters. The maximum absolute atomic E-state index is 6.22. The van der Waals surface area contributed by atoms with Gasteiger partial charge in [-0.25, -0.2) is 0 Å². The van der Waals surface area contributed by atoms with Crippen molar-refractivity contribution in [2.45, 2.75) is 0 Å². The lowest BCUT2D eigenvalue weighted by Gasteiger charge is -2.26. The maximum Gasteiger partial charge on any atom is 0.135 e. The molecule has 2 aromatic heterocycles. The van der Waals surface area contributed by atoms with Crippen molar-refractivity contribution in [3.63, 3.8) is 0 Å². The van der Waals surface area contributed by atoms with Crippen molar-refractivity contribution in [1.82, 2.24) is 0 Å². The van der Waals surface area contributed by atoms with E-state index in [1.54, 1.807) is 0 Å². The Bertz CT molecular complexity index is 3160. The van der Waals surface area contributed by atoms with E-state index in [-0.39, 0.29) is 0 Å². The van der Waals surface area contributed by atoms with Crippen LogP contribution in [0, 0.1) is 0 Å². The monoisotopic (exact) mass is 693 g/mol. The first-order valence-electron chi connectivity index (χ1n) is 18.0. The zero-order valence-corrected chi connectivity index (χ0v) is 29.5. The second-order valence-electron chi connectivity index (χ2n) is 13.7. The van der Waals surface area contributed by atoms with Gasteiger partial charge in [-0.1, -0.05) is 121 Å². The van der Waals surface area contributed by atoms with Crippen molar-refractivity contribution in [2.75, 3.05) is 4.90 Å². The number of para-hydroxylation sites is 1. The van der Waals surface area contributed by atoms with Gasteiger partial charge < -0.3 is 9.32 Å². The second-order valence-corrected chi connectivity index (χ2v) is 14.8. The van der Waals surface area contributed by atoms with Crippen LogP contribution in [0.15, 0.2) is 192 Å². The molecule has 53 heavy (non-hydrogen) atoms. The Morgan fingerprint density at radius 3 is 1.83 bits per heavy atom. The van der Waals surface area contributed by atoms with Crippen LogP contribution in [0.3, 0.4) is 0 Å². The van der Waals surface area contributed by atoms with E-state index < -0.39 is 0 Å². The largest absolute Gasteiger partial charge is 0.456 e. The molecular weight excluding hydrogens is 663 g/mol. The van der Waals surface area contributed by atoms with Crippen molar-refractivity contribution in [3.8, 4) is 22.3 Å². The molecule has 9 aromatic carbocycles. The number of thiophene rings is 1. The molecule has 0 radical (unpaired) electrons.